The summed E-state index contributed by atoms with van der Waals surface area (Å²) >= 11 is 0. The predicted octanol–water partition coefficient (Wildman–Crippen LogP) is 3.46. The van der Waals surface area contributed by atoms with Crippen LogP contribution in [-0.2, 0) is 13.6 Å². The lowest BCUT2D eigenvalue weighted by Gasteiger charge is -2.19. The van der Waals surface area contributed by atoms with Gasteiger partial charge in [-0.05, 0) is 29.5 Å². The average molecular weight is 313 g/mol. The van der Waals surface area contributed by atoms with E-state index in [9.17, 15) is 4.57 Å². The number of hydrogen-bond donors (Lipinski definition) is 1. The van der Waals surface area contributed by atoms with Gasteiger partial charge in [0.25, 0.3) is 0 Å². The van der Waals surface area contributed by atoms with E-state index in [2.05, 4.69) is 15.3 Å². The molecule has 7 heteroatoms. The maximum absolute atomic E-state index is 12.5. The van der Waals surface area contributed by atoms with Crippen molar-refractivity contribution in [3.63, 3.8) is 0 Å². The standard InChI is InChI=1S/C14H24N3O3P/c1-12(2)10-19-21(18,20-11-13(3)4)17-16-9-14-5-7-15-8-6-14/h5-9,12-13H,10-11H2,1-4H3,(H,17,18)/b16-9+. The first kappa shape index (κ1) is 17.8. The second kappa shape index (κ2) is 8.93. The molecule has 6 nitrogen and oxygen atoms in total. The molecule has 21 heavy (non-hydrogen) atoms. The number of nitrogens with one attached hydrogen (secondary N) is 1. The van der Waals surface area contributed by atoms with Crippen LogP contribution < -0.4 is 5.20 Å². The van der Waals surface area contributed by atoms with E-state index in [1.807, 2.05) is 27.7 Å². The Morgan fingerprint density at radius 2 is 1.71 bits per heavy atom. The van der Waals surface area contributed by atoms with Crippen LogP contribution in [0, 0.1) is 11.8 Å². The predicted molar refractivity (Wildman–Crippen MR) is 84.2 cm³/mol. The monoisotopic (exact) mass is 313 g/mol. The Morgan fingerprint density at radius 1 is 1.19 bits per heavy atom. The minimum absolute atomic E-state index is 0.256. The Bertz CT molecular complexity index is 462. The van der Waals surface area contributed by atoms with Crippen LogP contribution in [0.5, 0.6) is 0 Å². The number of rotatable bonds is 9. The molecule has 1 heterocycles. The fourth-order valence-corrected chi connectivity index (χ4v) is 2.59. The lowest BCUT2D eigenvalue weighted by molar-refractivity contribution is 0.166. The van der Waals surface area contributed by atoms with E-state index in [1.54, 1.807) is 30.7 Å². The smallest absolute Gasteiger partial charge is 0.291 e. The second-order valence-electron chi connectivity index (χ2n) is 5.52. The summed E-state index contributed by atoms with van der Waals surface area (Å²) in [6.45, 7) is 8.60. The van der Waals surface area contributed by atoms with Crippen molar-refractivity contribution in [1.82, 2.24) is 10.2 Å². The van der Waals surface area contributed by atoms with Gasteiger partial charge in [0.1, 0.15) is 0 Å². The van der Waals surface area contributed by atoms with Gasteiger partial charge >= 0.3 is 7.75 Å². The summed E-state index contributed by atoms with van der Waals surface area (Å²) in [4.78, 5) is 3.91. The molecule has 0 aliphatic rings. The molecule has 0 aromatic carbocycles. The lowest BCUT2D eigenvalue weighted by atomic mass is 10.2. The van der Waals surface area contributed by atoms with Crippen molar-refractivity contribution in [3.05, 3.63) is 30.1 Å². The van der Waals surface area contributed by atoms with E-state index in [-0.39, 0.29) is 11.8 Å². The van der Waals surface area contributed by atoms with Crippen molar-refractivity contribution in [2.24, 2.45) is 16.9 Å². The third-order valence-electron chi connectivity index (χ3n) is 2.26. The maximum atomic E-state index is 12.5. The van der Waals surface area contributed by atoms with Crippen LogP contribution in [0.3, 0.4) is 0 Å². The summed E-state index contributed by atoms with van der Waals surface area (Å²) in [6.07, 6.45) is 4.86. The summed E-state index contributed by atoms with van der Waals surface area (Å²) in [5.74, 6) is 0.513. The van der Waals surface area contributed by atoms with Crippen molar-refractivity contribution in [3.8, 4) is 0 Å². The van der Waals surface area contributed by atoms with Crippen LogP contribution in [0.1, 0.15) is 33.3 Å². The zero-order valence-corrected chi connectivity index (χ0v) is 13.9. The van der Waals surface area contributed by atoms with Gasteiger partial charge < -0.3 is 0 Å². The van der Waals surface area contributed by atoms with E-state index in [0.717, 1.165) is 5.56 Å². The molecule has 0 aliphatic carbocycles. The van der Waals surface area contributed by atoms with Crippen LogP contribution in [0.25, 0.3) is 0 Å². The first-order valence-corrected chi connectivity index (χ1v) is 8.55. The number of aromatic nitrogens is 1. The Balaban J connectivity index is 2.63. The number of hydrogen-bond acceptors (Lipinski definition) is 5. The second-order valence-corrected chi connectivity index (χ2v) is 7.23. The van der Waals surface area contributed by atoms with Crippen molar-refractivity contribution in [2.45, 2.75) is 27.7 Å². The molecule has 1 aromatic heterocycles. The van der Waals surface area contributed by atoms with E-state index in [4.69, 9.17) is 9.05 Å². The van der Waals surface area contributed by atoms with Gasteiger partial charge in [-0.2, -0.15) is 5.10 Å². The fourth-order valence-electron chi connectivity index (χ4n) is 1.21. The molecule has 1 rings (SSSR count). The number of nitrogens with zero attached hydrogens (tertiary/aromatic N) is 2. The fraction of sp³-hybridized carbons (Fsp3) is 0.571. The highest BCUT2D eigenvalue weighted by Crippen LogP contribution is 2.44. The first-order valence-electron chi connectivity index (χ1n) is 7.01. The van der Waals surface area contributed by atoms with Crippen molar-refractivity contribution < 1.29 is 13.6 Å². The minimum atomic E-state index is -3.43. The summed E-state index contributed by atoms with van der Waals surface area (Å²) in [5, 5.41) is 6.47. The van der Waals surface area contributed by atoms with Gasteiger partial charge in [0.2, 0.25) is 0 Å². The Kier molecular flexibility index (Phi) is 7.57. The molecule has 1 aromatic rings. The highest BCUT2D eigenvalue weighted by molar-refractivity contribution is 7.51. The zero-order valence-electron chi connectivity index (χ0n) is 13.0. The Labute approximate surface area is 126 Å². The van der Waals surface area contributed by atoms with Gasteiger partial charge in [-0.3, -0.25) is 14.0 Å². The molecule has 0 saturated heterocycles. The van der Waals surface area contributed by atoms with E-state index in [1.165, 1.54) is 0 Å². The Morgan fingerprint density at radius 3 is 2.19 bits per heavy atom. The summed E-state index contributed by atoms with van der Waals surface area (Å²) in [7, 11) is -3.43. The molecule has 118 valence electrons. The largest absolute Gasteiger partial charge is 0.448 e. The molecule has 0 saturated carbocycles. The van der Waals surface area contributed by atoms with Gasteiger partial charge in [-0.15, -0.1) is 0 Å². The summed E-state index contributed by atoms with van der Waals surface area (Å²) in [6, 6.07) is 3.58. The highest BCUT2D eigenvalue weighted by Gasteiger charge is 2.25. The molecule has 0 fully saturated rings. The van der Waals surface area contributed by atoms with Crippen molar-refractivity contribution in [2.75, 3.05) is 13.2 Å². The van der Waals surface area contributed by atoms with Crippen molar-refractivity contribution in [1.29, 1.82) is 0 Å². The lowest BCUT2D eigenvalue weighted by Crippen LogP contribution is -2.14. The normalized spacial score (nSPS) is 12.5. The van der Waals surface area contributed by atoms with Gasteiger partial charge in [-0.25, -0.2) is 9.76 Å². The molecule has 0 bridgehead atoms. The van der Waals surface area contributed by atoms with Gasteiger partial charge in [0, 0.05) is 12.4 Å². The molecule has 0 amide bonds. The number of pyridine rings is 1. The van der Waals surface area contributed by atoms with E-state index < -0.39 is 7.75 Å². The van der Waals surface area contributed by atoms with Gasteiger partial charge in [0.15, 0.2) is 0 Å². The Hall–Kier alpha value is -1.23. The third kappa shape index (κ3) is 7.95. The molecule has 0 atom stereocenters. The molecule has 0 spiro atoms. The number of hydrazone groups is 1. The molecule has 0 unspecified atom stereocenters. The van der Waals surface area contributed by atoms with Crippen LogP contribution >= 0.6 is 7.75 Å². The van der Waals surface area contributed by atoms with Gasteiger partial charge in [0.05, 0.1) is 19.4 Å². The quantitative estimate of drug-likeness (QED) is 0.429. The van der Waals surface area contributed by atoms with Crippen LogP contribution in [0.2, 0.25) is 0 Å². The SMILES string of the molecule is CC(C)COP(=O)(N/N=C/c1ccncc1)OCC(C)C. The van der Waals surface area contributed by atoms with Gasteiger partial charge in [-0.1, -0.05) is 27.7 Å². The van der Waals surface area contributed by atoms with Crippen LogP contribution in [0.15, 0.2) is 29.6 Å². The maximum Gasteiger partial charge on any atom is 0.448 e. The molecular weight excluding hydrogens is 289 g/mol. The highest BCUT2D eigenvalue weighted by atomic mass is 31.2. The topological polar surface area (TPSA) is 72.8 Å². The van der Waals surface area contributed by atoms with E-state index in [0.29, 0.717) is 13.2 Å². The molecular formula is C14H24N3O3P. The van der Waals surface area contributed by atoms with Crippen LogP contribution in [-0.4, -0.2) is 24.4 Å². The van der Waals surface area contributed by atoms with Crippen molar-refractivity contribution >= 4 is 14.0 Å². The summed E-state index contributed by atoms with van der Waals surface area (Å²) < 4.78 is 23.3. The molecule has 0 aliphatic heterocycles. The zero-order chi connectivity index (χ0) is 15.7. The molecule has 1 N–H and O–H groups in total. The third-order valence-corrected chi connectivity index (χ3v) is 3.59. The molecule has 0 radical (unpaired) electrons. The van der Waals surface area contributed by atoms with Crippen LogP contribution in [0.4, 0.5) is 0 Å². The first-order chi connectivity index (χ1) is 9.91. The van der Waals surface area contributed by atoms with E-state index >= 15 is 0 Å². The average Bonchev–Trinajstić information content (AvgIpc) is 2.44. The minimum Gasteiger partial charge on any atom is -0.291 e. The summed E-state index contributed by atoms with van der Waals surface area (Å²) in [5.41, 5.74) is 0.844.